The average Bonchev–Trinajstić information content (AvgIpc) is 2.45. The normalized spacial score (nSPS) is 14.1. The lowest BCUT2D eigenvalue weighted by Crippen LogP contribution is -2.47. The summed E-state index contributed by atoms with van der Waals surface area (Å²) < 4.78 is 40.4. The van der Waals surface area contributed by atoms with Gasteiger partial charge in [0.15, 0.2) is 0 Å². The molecule has 0 saturated carbocycles. The van der Waals surface area contributed by atoms with E-state index in [2.05, 4.69) is 5.32 Å². The van der Waals surface area contributed by atoms with E-state index in [1.807, 2.05) is 0 Å². The average molecular weight is 276 g/mol. The van der Waals surface area contributed by atoms with E-state index in [0.717, 1.165) is 0 Å². The van der Waals surface area contributed by atoms with Crippen molar-refractivity contribution in [2.24, 2.45) is 0 Å². The maximum absolute atomic E-state index is 13.5. The number of nitriles is 1. The number of para-hydroxylation sites is 1. The van der Waals surface area contributed by atoms with Gasteiger partial charge in [0.25, 0.3) is 0 Å². The summed E-state index contributed by atoms with van der Waals surface area (Å²) in [4.78, 5) is 0. The number of hydrogen-bond acceptors (Lipinski definition) is 2. The molecule has 0 saturated heterocycles. The zero-order valence-electron chi connectivity index (χ0n) is 10.4. The van der Waals surface area contributed by atoms with Crippen molar-refractivity contribution in [2.75, 3.05) is 5.32 Å². The standard InChI is InChI=1S/C15H11F3N2/c16-15(17,18)14(11-19,12-7-3-1-4-8-12)20-13-9-5-2-6-10-13/h1-10,20H. The summed E-state index contributed by atoms with van der Waals surface area (Å²) in [6, 6.07) is 16.4. The highest BCUT2D eigenvalue weighted by Crippen LogP contribution is 2.41. The predicted octanol–water partition coefficient (Wildman–Crippen LogP) is 4.08. The molecule has 0 aliphatic heterocycles. The Morgan fingerprint density at radius 1 is 0.850 bits per heavy atom. The Bertz CT molecular complexity index is 603. The largest absolute Gasteiger partial charge is 0.429 e. The maximum Gasteiger partial charge on any atom is 0.429 e. The zero-order valence-corrected chi connectivity index (χ0v) is 10.4. The molecule has 0 amide bonds. The molecule has 0 spiro atoms. The molecule has 2 nitrogen and oxygen atoms in total. The van der Waals surface area contributed by atoms with Crippen LogP contribution < -0.4 is 5.32 Å². The van der Waals surface area contributed by atoms with Crippen LogP contribution in [0.15, 0.2) is 60.7 Å². The molecule has 0 heterocycles. The van der Waals surface area contributed by atoms with E-state index in [-0.39, 0.29) is 11.3 Å². The third kappa shape index (κ3) is 2.45. The molecule has 0 aromatic heterocycles. The van der Waals surface area contributed by atoms with E-state index in [1.54, 1.807) is 24.3 Å². The summed E-state index contributed by atoms with van der Waals surface area (Å²) in [5.41, 5.74) is -2.68. The molecule has 1 N–H and O–H groups in total. The second-order valence-corrected chi connectivity index (χ2v) is 4.22. The molecule has 2 aromatic rings. The molecule has 1 unspecified atom stereocenters. The van der Waals surface area contributed by atoms with Crippen molar-refractivity contribution in [1.29, 1.82) is 5.26 Å². The lowest BCUT2D eigenvalue weighted by molar-refractivity contribution is -0.165. The first kappa shape index (κ1) is 13.9. The van der Waals surface area contributed by atoms with E-state index in [1.165, 1.54) is 42.5 Å². The van der Waals surface area contributed by atoms with E-state index < -0.39 is 11.7 Å². The van der Waals surface area contributed by atoms with Gasteiger partial charge in [0, 0.05) is 11.3 Å². The number of nitrogens with one attached hydrogen (secondary N) is 1. The molecule has 5 heteroatoms. The first-order chi connectivity index (χ1) is 9.49. The van der Waals surface area contributed by atoms with Crippen molar-refractivity contribution in [3.8, 4) is 6.07 Å². The van der Waals surface area contributed by atoms with Crippen molar-refractivity contribution < 1.29 is 13.2 Å². The van der Waals surface area contributed by atoms with Gasteiger partial charge in [-0.05, 0) is 12.1 Å². The van der Waals surface area contributed by atoms with Gasteiger partial charge in [-0.3, -0.25) is 0 Å². The first-order valence-electron chi connectivity index (χ1n) is 5.86. The lowest BCUT2D eigenvalue weighted by atomic mass is 9.90. The van der Waals surface area contributed by atoms with Gasteiger partial charge in [-0.1, -0.05) is 48.5 Å². The topological polar surface area (TPSA) is 35.8 Å². The van der Waals surface area contributed by atoms with Gasteiger partial charge in [0.05, 0.1) is 0 Å². The van der Waals surface area contributed by atoms with Gasteiger partial charge in [0.1, 0.15) is 6.07 Å². The van der Waals surface area contributed by atoms with Gasteiger partial charge in [-0.15, -0.1) is 0 Å². The first-order valence-corrected chi connectivity index (χ1v) is 5.86. The molecule has 0 aliphatic carbocycles. The fourth-order valence-corrected chi connectivity index (χ4v) is 1.89. The Morgan fingerprint density at radius 3 is 1.80 bits per heavy atom. The Kier molecular flexibility index (Phi) is 3.66. The summed E-state index contributed by atoms with van der Waals surface area (Å²) in [5, 5.41) is 11.5. The molecule has 2 aromatic carbocycles. The summed E-state index contributed by atoms with van der Waals surface area (Å²) in [7, 11) is 0. The quantitative estimate of drug-likeness (QED) is 0.916. The number of alkyl halides is 3. The van der Waals surface area contributed by atoms with Crippen molar-refractivity contribution >= 4 is 5.69 Å². The van der Waals surface area contributed by atoms with Crippen LogP contribution in [0.2, 0.25) is 0 Å². The van der Waals surface area contributed by atoms with Crippen LogP contribution in [-0.2, 0) is 5.54 Å². The van der Waals surface area contributed by atoms with Gasteiger partial charge in [-0.2, -0.15) is 18.4 Å². The summed E-state index contributed by atoms with van der Waals surface area (Å²) >= 11 is 0. The zero-order chi connectivity index (χ0) is 14.6. The van der Waals surface area contributed by atoms with Crippen molar-refractivity contribution in [3.05, 3.63) is 66.2 Å². The van der Waals surface area contributed by atoms with Crippen LogP contribution in [0.1, 0.15) is 5.56 Å². The highest BCUT2D eigenvalue weighted by molar-refractivity contribution is 5.52. The van der Waals surface area contributed by atoms with E-state index in [4.69, 9.17) is 0 Å². The Balaban J connectivity index is 2.53. The molecule has 1 atom stereocenters. The van der Waals surface area contributed by atoms with Crippen LogP contribution in [0.25, 0.3) is 0 Å². The lowest BCUT2D eigenvalue weighted by Gasteiger charge is -2.31. The number of halogens is 3. The van der Waals surface area contributed by atoms with Crippen molar-refractivity contribution in [3.63, 3.8) is 0 Å². The minimum Gasteiger partial charge on any atom is -0.356 e. The van der Waals surface area contributed by atoms with Crippen LogP contribution in [0.4, 0.5) is 18.9 Å². The van der Waals surface area contributed by atoms with Crippen LogP contribution in [0.3, 0.4) is 0 Å². The van der Waals surface area contributed by atoms with Gasteiger partial charge < -0.3 is 5.32 Å². The molecule has 102 valence electrons. The molecular formula is C15H11F3N2. The van der Waals surface area contributed by atoms with E-state index >= 15 is 0 Å². The van der Waals surface area contributed by atoms with Crippen LogP contribution in [0, 0.1) is 11.3 Å². The molecule has 2 rings (SSSR count). The highest BCUT2D eigenvalue weighted by atomic mass is 19.4. The van der Waals surface area contributed by atoms with Gasteiger partial charge >= 0.3 is 6.18 Å². The molecule has 20 heavy (non-hydrogen) atoms. The molecule has 0 radical (unpaired) electrons. The van der Waals surface area contributed by atoms with E-state index in [9.17, 15) is 18.4 Å². The number of rotatable bonds is 3. The highest BCUT2D eigenvalue weighted by Gasteiger charge is 2.57. The molecular weight excluding hydrogens is 265 g/mol. The SMILES string of the molecule is N#CC(Nc1ccccc1)(c1ccccc1)C(F)(F)F. The van der Waals surface area contributed by atoms with Gasteiger partial charge in [-0.25, -0.2) is 0 Å². The fraction of sp³-hybridized carbons (Fsp3) is 0.133. The number of anilines is 1. The van der Waals surface area contributed by atoms with Crippen LogP contribution in [0.5, 0.6) is 0 Å². The predicted molar refractivity (Wildman–Crippen MR) is 69.9 cm³/mol. The minimum atomic E-state index is -4.75. The third-order valence-corrected chi connectivity index (χ3v) is 2.91. The third-order valence-electron chi connectivity index (χ3n) is 2.91. The van der Waals surface area contributed by atoms with Crippen molar-refractivity contribution in [1.82, 2.24) is 0 Å². The van der Waals surface area contributed by atoms with Crippen LogP contribution >= 0.6 is 0 Å². The summed E-state index contributed by atoms with van der Waals surface area (Å²) in [6.07, 6.45) is -4.75. The Morgan fingerprint density at radius 2 is 1.35 bits per heavy atom. The van der Waals surface area contributed by atoms with Gasteiger partial charge in [0.2, 0.25) is 5.54 Å². The van der Waals surface area contributed by atoms with Crippen molar-refractivity contribution in [2.45, 2.75) is 11.7 Å². The summed E-state index contributed by atoms with van der Waals surface area (Å²) in [6.45, 7) is 0. The second kappa shape index (κ2) is 5.25. The second-order valence-electron chi connectivity index (χ2n) is 4.22. The molecule has 0 bridgehead atoms. The minimum absolute atomic E-state index is 0.140. The maximum atomic E-state index is 13.5. The Hall–Kier alpha value is -2.48. The monoisotopic (exact) mass is 276 g/mol. The van der Waals surface area contributed by atoms with Crippen LogP contribution in [-0.4, -0.2) is 6.18 Å². The number of hydrogen-bond donors (Lipinski definition) is 1. The Labute approximate surface area is 114 Å². The fourth-order valence-electron chi connectivity index (χ4n) is 1.89. The number of benzene rings is 2. The summed E-state index contributed by atoms with van der Waals surface area (Å²) in [5.74, 6) is 0. The van der Waals surface area contributed by atoms with E-state index in [0.29, 0.717) is 0 Å². The molecule has 0 fully saturated rings. The number of nitrogens with zero attached hydrogens (tertiary/aromatic N) is 1. The molecule has 0 aliphatic rings. The smallest absolute Gasteiger partial charge is 0.356 e.